The van der Waals surface area contributed by atoms with Crippen molar-refractivity contribution in [1.29, 1.82) is 0 Å². The summed E-state index contributed by atoms with van der Waals surface area (Å²) in [4.78, 5) is 42.9. The van der Waals surface area contributed by atoms with E-state index in [1.807, 2.05) is 13.8 Å². The van der Waals surface area contributed by atoms with Crippen LogP contribution in [0.4, 0.5) is 0 Å². The first-order valence-electron chi connectivity index (χ1n) is 8.48. The van der Waals surface area contributed by atoms with E-state index in [0.717, 1.165) is 15.9 Å². The van der Waals surface area contributed by atoms with E-state index in [9.17, 15) is 14.4 Å². The average Bonchev–Trinajstić information content (AvgIpc) is 3.15. The number of fused-ring (bicyclic) bond motifs is 1. The number of hydrogen-bond acceptors (Lipinski definition) is 6. The number of carbonyl (C=O) groups excluding carboxylic acids is 1. The summed E-state index contributed by atoms with van der Waals surface area (Å²) in [6, 6.07) is 0. The molecule has 0 atom stereocenters. The number of thiophene rings is 1. The smallest absolute Gasteiger partial charge is 0.339 e. The van der Waals surface area contributed by atoms with Crippen molar-refractivity contribution >= 4 is 62.3 Å². The van der Waals surface area contributed by atoms with E-state index in [0.29, 0.717) is 16.3 Å². The maximum atomic E-state index is 12.9. The number of hydrogen-bond donors (Lipinski definition) is 0. The lowest BCUT2D eigenvalue weighted by Crippen LogP contribution is -2.38. The largest absolute Gasteiger partial charge is 0.465 e. The van der Waals surface area contributed by atoms with Gasteiger partial charge in [0.25, 0.3) is 5.56 Å². The number of ether oxygens (including phenoxy) is 1. The van der Waals surface area contributed by atoms with E-state index in [4.69, 9.17) is 39.5 Å². The SMILES string of the molecule is COC(=O)c1c(Cn2c(Cl)nc(Cl)c2Cl)sc2c1c(=O)n(C)c(=O)n2CC(C)C. The summed E-state index contributed by atoms with van der Waals surface area (Å²) in [6.07, 6.45) is 0. The molecule has 0 spiro atoms. The fourth-order valence-corrected chi connectivity index (χ4v) is 4.94. The van der Waals surface area contributed by atoms with Crippen molar-refractivity contribution in [3.8, 4) is 0 Å². The van der Waals surface area contributed by atoms with Crippen LogP contribution in [0.2, 0.25) is 15.6 Å². The van der Waals surface area contributed by atoms with Crippen LogP contribution in [0.25, 0.3) is 10.2 Å². The highest BCUT2D eigenvalue weighted by atomic mass is 35.5. The normalized spacial score (nSPS) is 11.6. The lowest BCUT2D eigenvalue weighted by atomic mass is 10.1. The van der Waals surface area contributed by atoms with E-state index in [1.54, 1.807) is 0 Å². The van der Waals surface area contributed by atoms with Gasteiger partial charge in [-0.25, -0.2) is 14.6 Å². The quantitative estimate of drug-likeness (QED) is 0.523. The standard InChI is InChI=1S/C17H17Cl3N4O4S/c1-7(2)5-24-14-10(13(25)22(3)17(24)27)9(15(26)28-4)8(29-14)6-23-12(19)11(18)21-16(23)20/h7H,5-6H2,1-4H3. The second-order valence-corrected chi connectivity index (χ2v) is 8.91. The fourth-order valence-electron chi connectivity index (χ4n) is 2.99. The van der Waals surface area contributed by atoms with Crippen LogP contribution in [0.3, 0.4) is 0 Å². The molecule has 3 rings (SSSR count). The molecule has 12 heteroatoms. The van der Waals surface area contributed by atoms with Gasteiger partial charge in [0, 0.05) is 18.5 Å². The number of rotatable bonds is 5. The van der Waals surface area contributed by atoms with E-state index in [1.165, 1.54) is 23.3 Å². The topological polar surface area (TPSA) is 88.1 Å². The van der Waals surface area contributed by atoms with Crippen molar-refractivity contribution in [2.45, 2.75) is 26.9 Å². The van der Waals surface area contributed by atoms with Crippen LogP contribution in [0.5, 0.6) is 0 Å². The molecule has 0 aliphatic heterocycles. The van der Waals surface area contributed by atoms with Crippen molar-refractivity contribution in [1.82, 2.24) is 18.7 Å². The molecule has 29 heavy (non-hydrogen) atoms. The van der Waals surface area contributed by atoms with Gasteiger partial charge < -0.3 is 4.74 Å². The van der Waals surface area contributed by atoms with Crippen LogP contribution in [0.15, 0.2) is 9.59 Å². The molecule has 0 amide bonds. The summed E-state index contributed by atoms with van der Waals surface area (Å²) in [6.45, 7) is 4.31. The number of imidazole rings is 1. The van der Waals surface area contributed by atoms with Gasteiger partial charge in [-0.2, -0.15) is 0 Å². The monoisotopic (exact) mass is 478 g/mol. The summed E-state index contributed by atoms with van der Waals surface area (Å²) >= 11 is 19.3. The summed E-state index contributed by atoms with van der Waals surface area (Å²) in [5.41, 5.74) is -0.960. The van der Waals surface area contributed by atoms with Crippen LogP contribution in [0, 0.1) is 5.92 Å². The Hall–Kier alpha value is -1.81. The molecule has 0 bridgehead atoms. The molecule has 0 aliphatic carbocycles. The van der Waals surface area contributed by atoms with Gasteiger partial charge in [-0.15, -0.1) is 11.3 Å². The second kappa shape index (κ2) is 8.14. The van der Waals surface area contributed by atoms with Crippen LogP contribution in [-0.2, 0) is 24.9 Å². The molecule has 3 aromatic heterocycles. The Morgan fingerprint density at radius 3 is 2.38 bits per heavy atom. The molecule has 0 unspecified atom stereocenters. The zero-order valence-electron chi connectivity index (χ0n) is 16.0. The third kappa shape index (κ3) is 3.72. The van der Waals surface area contributed by atoms with Gasteiger partial charge in [0.05, 0.1) is 24.6 Å². The lowest BCUT2D eigenvalue weighted by molar-refractivity contribution is 0.0602. The molecule has 0 radical (unpaired) electrons. The minimum Gasteiger partial charge on any atom is -0.465 e. The first-order chi connectivity index (χ1) is 13.6. The number of nitrogens with zero attached hydrogens (tertiary/aromatic N) is 4. The third-order valence-corrected chi connectivity index (χ3v) is 6.53. The van der Waals surface area contributed by atoms with Crippen LogP contribution < -0.4 is 11.2 Å². The van der Waals surface area contributed by atoms with Gasteiger partial charge in [-0.3, -0.25) is 18.5 Å². The van der Waals surface area contributed by atoms with Gasteiger partial charge in [0.1, 0.15) is 9.98 Å². The number of halogens is 3. The highest BCUT2D eigenvalue weighted by molar-refractivity contribution is 7.19. The molecule has 0 N–H and O–H groups in total. The first-order valence-corrected chi connectivity index (χ1v) is 10.4. The summed E-state index contributed by atoms with van der Waals surface area (Å²) in [5, 5.41) is 0.265. The predicted octanol–water partition coefficient (Wildman–Crippen LogP) is 3.41. The van der Waals surface area contributed by atoms with Crippen molar-refractivity contribution in [2.24, 2.45) is 13.0 Å². The minimum absolute atomic E-state index is 0.0185. The number of esters is 1. The Morgan fingerprint density at radius 2 is 1.86 bits per heavy atom. The summed E-state index contributed by atoms with van der Waals surface area (Å²) in [5.74, 6) is -0.562. The molecule has 0 fully saturated rings. The molecule has 156 valence electrons. The van der Waals surface area contributed by atoms with E-state index < -0.39 is 17.2 Å². The minimum atomic E-state index is -0.698. The van der Waals surface area contributed by atoms with Crippen LogP contribution >= 0.6 is 46.1 Å². The number of methoxy groups -OCH3 is 1. The summed E-state index contributed by atoms with van der Waals surface area (Å²) in [7, 11) is 2.60. The average molecular weight is 480 g/mol. The Balaban J connectivity index is 2.38. The second-order valence-electron chi connectivity index (χ2n) is 6.77. The summed E-state index contributed by atoms with van der Waals surface area (Å²) < 4.78 is 8.79. The van der Waals surface area contributed by atoms with Gasteiger partial charge in [0.15, 0.2) is 5.15 Å². The Labute approximate surface area is 184 Å². The fraction of sp³-hybridized carbons (Fsp3) is 0.412. The van der Waals surface area contributed by atoms with Crippen molar-refractivity contribution < 1.29 is 9.53 Å². The van der Waals surface area contributed by atoms with Gasteiger partial charge in [-0.1, -0.05) is 37.0 Å². The van der Waals surface area contributed by atoms with E-state index in [-0.39, 0.29) is 39.0 Å². The number of carbonyl (C=O) groups is 1. The molecule has 3 aromatic rings. The molecular weight excluding hydrogens is 463 g/mol. The van der Waals surface area contributed by atoms with Crippen LogP contribution in [-0.4, -0.2) is 31.8 Å². The highest BCUT2D eigenvalue weighted by Gasteiger charge is 2.27. The van der Waals surface area contributed by atoms with E-state index in [2.05, 4.69) is 4.98 Å². The molecule has 8 nitrogen and oxygen atoms in total. The third-order valence-electron chi connectivity index (χ3n) is 4.30. The zero-order valence-corrected chi connectivity index (χ0v) is 19.0. The van der Waals surface area contributed by atoms with Crippen molar-refractivity contribution in [3.05, 3.63) is 46.9 Å². The zero-order chi connectivity index (χ0) is 21.6. The van der Waals surface area contributed by atoms with Crippen molar-refractivity contribution in [3.63, 3.8) is 0 Å². The highest BCUT2D eigenvalue weighted by Crippen LogP contribution is 2.33. The molecule has 0 saturated carbocycles. The van der Waals surface area contributed by atoms with E-state index >= 15 is 0 Å². The predicted molar refractivity (Wildman–Crippen MR) is 114 cm³/mol. The number of aromatic nitrogens is 4. The Bertz CT molecular complexity index is 1240. The molecular formula is C17H17Cl3N4O4S. The van der Waals surface area contributed by atoms with Crippen LogP contribution in [0.1, 0.15) is 29.1 Å². The molecule has 0 aliphatic rings. The Kier molecular flexibility index (Phi) is 6.14. The van der Waals surface area contributed by atoms with Gasteiger partial charge in [-0.05, 0) is 17.5 Å². The molecule has 3 heterocycles. The Morgan fingerprint density at radius 1 is 1.21 bits per heavy atom. The maximum Gasteiger partial charge on any atom is 0.339 e. The molecule has 0 aromatic carbocycles. The molecule has 0 saturated heterocycles. The van der Waals surface area contributed by atoms with Gasteiger partial charge >= 0.3 is 11.7 Å². The van der Waals surface area contributed by atoms with Crippen molar-refractivity contribution in [2.75, 3.05) is 7.11 Å². The lowest BCUT2D eigenvalue weighted by Gasteiger charge is -2.11. The maximum absolute atomic E-state index is 12.9. The van der Waals surface area contributed by atoms with Gasteiger partial charge in [0.2, 0.25) is 5.28 Å². The first kappa shape index (κ1) is 21.9.